The standard InChI is InChI=1S/C25H31F3N6O4S/c1-29-20-14-22(32-24-23(20)18(15-30-24)25(26,27)28)31-19-4-3-17(13-21(19)37-2)39(35,36)34-7-5-16(6-8-34)33-9-11-38-12-10-33/h3-4,13-16H,5-12H2,1-2H3,(H3,29,30,31,32). The summed E-state index contributed by atoms with van der Waals surface area (Å²) in [5, 5.41) is 5.76. The van der Waals surface area contributed by atoms with Crippen LogP contribution in [0.5, 0.6) is 5.75 Å². The highest BCUT2D eigenvalue weighted by Gasteiger charge is 2.35. The molecule has 14 heteroatoms. The highest BCUT2D eigenvalue weighted by Crippen LogP contribution is 2.39. The Balaban J connectivity index is 1.35. The number of H-pyrrole nitrogens is 1. The third-order valence-corrected chi connectivity index (χ3v) is 9.17. The number of alkyl halides is 3. The van der Waals surface area contributed by atoms with Crippen molar-refractivity contribution in [2.75, 3.05) is 64.2 Å². The summed E-state index contributed by atoms with van der Waals surface area (Å²) >= 11 is 0. The second-order valence-corrected chi connectivity index (χ2v) is 11.4. The van der Waals surface area contributed by atoms with Gasteiger partial charge in [0.2, 0.25) is 10.0 Å². The fourth-order valence-electron chi connectivity index (χ4n) is 5.23. The number of piperidine rings is 1. The quantitative estimate of drug-likeness (QED) is 0.394. The Kier molecular flexibility index (Phi) is 7.64. The molecular weight excluding hydrogens is 537 g/mol. The van der Waals surface area contributed by atoms with E-state index in [9.17, 15) is 21.6 Å². The first-order chi connectivity index (χ1) is 18.6. The molecule has 2 aromatic heterocycles. The van der Waals surface area contributed by atoms with Crippen LogP contribution in [0, 0.1) is 0 Å². The van der Waals surface area contributed by atoms with E-state index in [1.54, 1.807) is 6.07 Å². The average molecular weight is 569 g/mol. The van der Waals surface area contributed by atoms with Crippen LogP contribution in [0.4, 0.5) is 30.4 Å². The van der Waals surface area contributed by atoms with E-state index >= 15 is 0 Å². The lowest BCUT2D eigenvalue weighted by Crippen LogP contribution is -2.50. The topological polar surface area (TPSA) is 112 Å². The van der Waals surface area contributed by atoms with Gasteiger partial charge >= 0.3 is 6.18 Å². The number of rotatable bonds is 7. The van der Waals surface area contributed by atoms with Gasteiger partial charge in [0.25, 0.3) is 0 Å². The maximum absolute atomic E-state index is 13.4. The van der Waals surface area contributed by atoms with Gasteiger partial charge in [0, 0.05) is 63.3 Å². The molecule has 10 nitrogen and oxygen atoms in total. The number of nitrogens with zero attached hydrogens (tertiary/aromatic N) is 3. The Morgan fingerprint density at radius 2 is 1.82 bits per heavy atom. The van der Waals surface area contributed by atoms with Crippen molar-refractivity contribution in [3.8, 4) is 5.75 Å². The highest BCUT2D eigenvalue weighted by atomic mass is 32.2. The number of sulfonamides is 1. The Bertz CT molecular complexity index is 1430. The number of benzene rings is 1. The number of anilines is 3. The summed E-state index contributed by atoms with van der Waals surface area (Å²) in [4.78, 5) is 9.33. The number of morpholine rings is 1. The molecular formula is C25H31F3N6O4S. The van der Waals surface area contributed by atoms with Crippen molar-refractivity contribution in [1.29, 1.82) is 0 Å². The summed E-state index contributed by atoms with van der Waals surface area (Å²) in [6, 6.07) is 6.30. The molecule has 3 N–H and O–H groups in total. The lowest BCUT2D eigenvalue weighted by molar-refractivity contribution is -0.136. The van der Waals surface area contributed by atoms with Crippen molar-refractivity contribution in [2.45, 2.75) is 30.0 Å². The van der Waals surface area contributed by atoms with Crippen molar-refractivity contribution in [1.82, 2.24) is 19.2 Å². The zero-order valence-corrected chi connectivity index (χ0v) is 22.5. The number of fused-ring (bicyclic) bond motifs is 1. The molecule has 0 aliphatic carbocycles. The number of nitrogens with one attached hydrogen (secondary N) is 3. The summed E-state index contributed by atoms with van der Waals surface area (Å²) < 4.78 is 79.5. The lowest BCUT2D eigenvalue weighted by atomic mass is 10.0. The number of halogens is 3. The van der Waals surface area contributed by atoms with Gasteiger partial charge in [-0.15, -0.1) is 0 Å². The highest BCUT2D eigenvalue weighted by molar-refractivity contribution is 7.89. The van der Waals surface area contributed by atoms with Crippen LogP contribution in [-0.4, -0.2) is 87.2 Å². The van der Waals surface area contributed by atoms with Crippen molar-refractivity contribution < 1.29 is 31.1 Å². The van der Waals surface area contributed by atoms with Crippen LogP contribution >= 0.6 is 0 Å². The molecule has 1 aromatic carbocycles. The number of methoxy groups -OCH3 is 1. The molecule has 2 fully saturated rings. The summed E-state index contributed by atoms with van der Waals surface area (Å²) in [5.74, 6) is 0.510. The molecule has 2 saturated heterocycles. The molecule has 3 aromatic rings. The number of aromatic amines is 1. The second kappa shape index (κ2) is 10.8. The van der Waals surface area contributed by atoms with E-state index in [1.165, 1.54) is 36.7 Å². The normalized spacial score (nSPS) is 18.4. The monoisotopic (exact) mass is 568 g/mol. The van der Waals surface area contributed by atoms with Crippen LogP contribution < -0.4 is 15.4 Å². The zero-order valence-electron chi connectivity index (χ0n) is 21.6. The molecule has 0 radical (unpaired) electrons. The van der Waals surface area contributed by atoms with Crippen LogP contribution in [0.2, 0.25) is 0 Å². The number of hydrogen-bond acceptors (Lipinski definition) is 8. The maximum atomic E-state index is 13.4. The summed E-state index contributed by atoms with van der Waals surface area (Å²) in [7, 11) is -0.803. The van der Waals surface area contributed by atoms with Crippen molar-refractivity contribution in [3.63, 3.8) is 0 Å². The summed E-state index contributed by atoms with van der Waals surface area (Å²) in [6.45, 7) is 4.01. The Morgan fingerprint density at radius 3 is 2.46 bits per heavy atom. The third-order valence-electron chi connectivity index (χ3n) is 7.28. The van der Waals surface area contributed by atoms with Crippen LogP contribution in [0.1, 0.15) is 18.4 Å². The predicted molar refractivity (Wildman–Crippen MR) is 141 cm³/mol. The third kappa shape index (κ3) is 5.51. The largest absolute Gasteiger partial charge is 0.495 e. The Labute approximate surface area is 224 Å². The fraction of sp³-hybridized carbons (Fsp3) is 0.480. The molecule has 0 saturated carbocycles. The Morgan fingerprint density at radius 1 is 1.10 bits per heavy atom. The molecule has 0 unspecified atom stereocenters. The summed E-state index contributed by atoms with van der Waals surface area (Å²) in [5.41, 5.74) is -0.119. The van der Waals surface area contributed by atoms with E-state index in [0.717, 1.165) is 32.1 Å². The van der Waals surface area contributed by atoms with Gasteiger partial charge in [-0.05, 0) is 25.0 Å². The molecule has 0 spiro atoms. The molecule has 0 amide bonds. The van der Waals surface area contributed by atoms with Crippen molar-refractivity contribution in [3.05, 3.63) is 36.0 Å². The average Bonchev–Trinajstić information content (AvgIpc) is 3.38. The fourth-order valence-corrected chi connectivity index (χ4v) is 6.72. The molecule has 212 valence electrons. The van der Waals surface area contributed by atoms with Gasteiger partial charge in [0.05, 0.1) is 41.9 Å². The molecule has 0 atom stereocenters. The van der Waals surface area contributed by atoms with E-state index in [2.05, 4.69) is 25.5 Å². The van der Waals surface area contributed by atoms with Crippen LogP contribution in [-0.2, 0) is 20.9 Å². The van der Waals surface area contributed by atoms with Gasteiger partial charge in [0.15, 0.2) is 0 Å². The van der Waals surface area contributed by atoms with E-state index in [4.69, 9.17) is 9.47 Å². The van der Waals surface area contributed by atoms with E-state index in [0.29, 0.717) is 38.0 Å². The molecule has 0 bridgehead atoms. The van der Waals surface area contributed by atoms with Crippen molar-refractivity contribution >= 4 is 38.2 Å². The number of hydrogen-bond donors (Lipinski definition) is 3. The molecule has 39 heavy (non-hydrogen) atoms. The first-order valence-corrected chi connectivity index (χ1v) is 14.1. The minimum atomic E-state index is -4.54. The van der Waals surface area contributed by atoms with Gasteiger partial charge in [0.1, 0.15) is 17.2 Å². The van der Waals surface area contributed by atoms with Gasteiger partial charge < -0.3 is 25.1 Å². The minimum absolute atomic E-state index is 0.0512. The van der Waals surface area contributed by atoms with Gasteiger partial charge in [-0.2, -0.15) is 17.5 Å². The van der Waals surface area contributed by atoms with Gasteiger partial charge in [-0.25, -0.2) is 13.4 Å². The zero-order chi connectivity index (χ0) is 27.8. The molecule has 4 heterocycles. The van der Waals surface area contributed by atoms with Crippen molar-refractivity contribution in [2.24, 2.45) is 0 Å². The molecule has 2 aliphatic heterocycles. The van der Waals surface area contributed by atoms with Gasteiger partial charge in [-0.1, -0.05) is 0 Å². The first-order valence-electron chi connectivity index (χ1n) is 12.7. The predicted octanol–water partition coefficient (Wildman–Crippen LogP) is 3.86. The van der Waals surface area contributed by atoms with E-state index < -0.39 is 21.8 Å². The smallest absolute Gasteiger partial charge is 0.418 e. The van der Waals surface area contributed by atoms with Gasteiger partial charge in [-0.3, -0.25) is 4.90 Å². The minimum Gasteiger partial charge on any atom is -0.495 e. The molecule has 2 aliphatic rings. The maximum Gasteiger partial charge on any atom is 0.418 e. The van der Waals surface area contributed by atoms with E-state index in [-0.39, 0.29) is 33.2 Å². The Hall–Kier alpha value is -3.07. The number of aromatic nitrogens is 2. The number of ether oxygens (including phenoxy) is 2. The SMILES string of the molecule is CNc1cc(Nc2ccc(S(=O)(=O)N3CCC(N4CCOCC4)CC3)cc2OC)nc2[nH]cc(C(F)(F)F)c12. The second-order valence-electron chi connectivity index (χ2n) is 9.50. The van der Waals surface area contributed by atoms with E-state index in [1.807, 2.05) is 0 Å². The van der Waals surface area contributed by atoms with Crippen LogP contribution in [0.25, 0.3) is 11.0 Å². The van der Waals surface area contributed by atoms with Crippen LogP contribution in [0.3, 0.4) is 0 Å². The van der Waals surface area contributed by atoms with Crippen LogP contribution in [0.15, 0.2) is 35.4 Å². The molecule has 5 rings (SSSR count). The first kappa shape index (κ1) is 27.5. The summed E-state index contributed by atoms with van der Waals surface area (Å²) in [6.07, 6.45) is -2.14. The number of pyridine rings is 1. The lowest BCUT2D eigenvalue weighted by Gasteiger charge is -2.39.